The lowest BCUT2D eigenvalue weighted by atomic mass is 9.99. The lowest BCUT2D eigenvalue weighted by molar-refractivity contribution is -0.137. The van der Waals surface area contributed by atoms with E-state index in [2.05, 4.69) is 10.6 Å². The van der Waals surface area contributed by atoms with E-state index in [9.17, 15) is 9.59 Å². The second-order valence-electron chi connectivity index (χ2n) is 5.66. The predicted molar refractivity (Wildman–Crippen MR) is 87.3 cm³/mol. The van der Waals surface area contributed by atoms with Crippen LogP contribution < -0.4 is 20.1 Å². The van der Waals surface area contributed by atoms with Gasteiger partial charge in [0.1, 0.15) is 0 Å². The number of methoxy groups -OCH3 is 1. The topological polar surface area (TPSA) is 96.9 Å². The molecule has 2 amide bonds. The molecule has 0 atom stereocenters. The summed E-state index contributed by atoms with van der Waals surface area (Å²) >= 11 is 0. The Labute approximate surface area is 136 Å². The van der Waals surface area contributed by atoms with Crippen molar-refractivity contribution in [2.45, 2.75) is 39.2 Å². The summed E-state index contributed by atoms with van der Waals surface area (Å²) < 4.78 is 10.6. The molecule has 1 aromatic carbocycles. The number of hydrogen-bond donors (Lipinski definition) is 3. The quantitative estimate of drug-likeness (QED) is 0.683. The maximum atomic E-state index is 12.0. The van der Waals surface area contributed by atoms with Crippen LogP contribution in [-0.4, -0.2) is 36.4 Å². The van der Waals surface area contributed by atoms with Crippen LogP contribution in [0.15, 0.2) is 18.2 Å². The highest BCUT2D eigenvalue weighted by atomic mass is 16.5. The van der Waals surface area contributed by atoms with Crippen LogP contribution in [0.3, 0.4) is 0 Å². The summed E-state index contributed by atoms with van der Waals surface area (Å²) in [6, 6.07) is 4.67. The Morgan fingerprint density at radius 1 is 1.26 bits per heavy atom. The molecule has 0 saturated carbocycles. The van der Waals surface area contributed by atoms with E-state index in [0.717, 1.165) is 0 Å². The molecule has 23 heavy (non-hydrogen) atoms. The van der Waals surface area contributed by atoms with Crippen LogP contribution in [0.5, 0.6) is 11.5 Å². The van der Waals surface area contributed by atoms with Gasteiger partial charge in [0.15, 0.2) is 11.5 Å². The van der Waals surface area contributed by atoms with E-state index in [4.69, 9.17) is 14.6 Å². The van der Waals surface area contributed by atoms with Gasteiger partial charge in [0.05, 0.1) is 13.7 Å². The van der Waals surface area contributed by atoms with Gasteiger partial charge in [-0.15, -0.1) is 0 Å². The van der Waals surface area contributed by atoms with Crippen molar-refractivity contribution in [2.24, 2.45) is 0 Å². The maximum Gasteiger partial charge on any atom is 0.319 e. The molecule has 7 heteroatoms. The van der Waals surface area contributed by atoms with Crippen molar-refractivity contribution in [1.29, 1.82) is 0 Å². The van der Waals surface area contributed by atoms with Crippen LogP contribution >= 0.6 is 0 Å². The lowest BCUT2D eigenvalue weighted by Crippen LogP contribution is -2.45. The summed E-state index contributed by atoms with van der Waals surface area (Å²) in [5.74, 6) is 0.231. The first-order chi connectivity index (χ1) is 10.8. The molecule has 0 heterocycles. The van der Waals surface area contributed by atoms with Crippen LogP contribution in [0.2, 0.25) is 0 Å². The van der Waals surface area contributed by atoms with Crippen molar-refractivity contribution in [3.8, 4) is 11.5 Å². The zero-order chi connectivity index (χ0) is 17.5. The molecule has 0 bridgehead atoms. The summed E-state index contributed by atoms with van der Waals surface area (Å²) in [6.45, 7) is 5.93. The van der Waals surface area contributed by atoms with Crippen LogP contribution in [-0.2, 0) is 4.79 Å². The third-order valence-electron chi connectivity index (χ3n) is 3.14. The van der Waals surface area contributed by atoms with E-state index in [1.54, 1.807) is 32.0 Å². The first-order valence-electron chi connectivity index (χ1n) is 7.39. The number of benzene rings is 1. The molecule has 0 saturated heterocycles. The molecule has 128 valence electrons. The van der Waals surface area contributed by atoms with Gasteiger partial charge >= 0.3 is 12.0 Å². The van der Waals surface area contributed by atoms with E-state index < -0.39 is 17.5 Å². The Balaban J connectivity index is 2.68. The molecular formula is C16H24N2O5. The van der Waals surface area contributed by atoms with Crippen molar-refractivity contribution in [1.82, 2.24) is 5.32 Å². The Kier molecular flexibility index (Phi) is 6.68. The highest BCUT2D eigenvalue weighted by Crippen LogP contribution is 2.30. The monoisotopic (exact) mass is 324 g/mol. The molecule has 1 rings (SSSR count). The number of ether oxygens (including phenoxy) is 2. The summed E-state index contributed by atoms with van der Waals surface area (Å²) in [5.41, 5.74) is -0.0745. The number of anilines is 1. The number of carboxylic acid groups (broad SMARTS) is 1. The van der Waals surface area contributed by atoms with Gasteiger partial charge in [-0.3, -0.25) is 4.79 Å². The van der Waals surface area contributed by atoms with Crippen molar-refractivity contribution in [3.63, 3.8) is 0 Å². The SMILES string of the molecule is CCOc1ccc(NC(=O)NC(C)(C)CCC(=O)O)cc1OC. The van der Waals surface area contributed by atoms with Crippen LogP contribution in [0, 0.1) is 0 Å². The Hall–Kier alpha value is -2.44. The zero-order valence-corrected chi connectivity index (χ0v) is 13.9. The number of hydrogen-bond acceptors (Lipinski definition) is 4. The van der Waals surface area contributed by atoms with Crippen molar-refractivity contribution < 1.29 is 24.2 Å². The standard InChI is InChI=1S/C16H24N2O5/c1-5-23-12-7-6-11(10-13(12)22-4)17-15(21)18-16(2,3)9-8-14(19)20/h6-7,10H,5,8-9H2,1-4H3,(H,19,20)(H2,17,18,21). The largest absolute Gasteiger partial charge is 0.493 e. The smallest absolute Gasteiger partial charge is 0.319 e. The van der Waals surface area contributed by atoms with Crippen LogP contribution in [0.4, 0.5) is 10.5 Å². The fraction of sp³-hybridized carbons (Fsp3) is 0.500. The molecule has 0 fully saturated rings. The molecule has 1 aromatic rings. The fourth-order valence-corrected chi connectivity index (χ4v) is 1.97. The van der Waals surface area contributed by atoms with E-state index in [1.807, 2.05) is 6.92 Å². The molecule has 3 N–H and O–H groups in total. The number of carbonyl (C=O) groups excluding carboxylic acids is 1. The van der Waals surface area contributed by atoms with Crippen LogP contribution in [0.1, 0.15) is 33.6 Å². The highest BCUT2D eigenvalue weighted by molar-refractivity contribution is 5.90. The van der Waals surface area contributed by atoms with Gasteiger partial charge in [-0.1, -0.05) is 0 Å². The van der Waals surface area contributed by atoms with Gasteiger partial charge in [-0.2, -0.15) is 0 Å². The minimum atomic E-state index is -0.892. The molecule has 0 radical (unpaired) electrons. The summed E-state index contributed by atoms with van der Waals surface area (Å²) in [4.78, 5) is 22.7. The number of urea groups is 1. The van der Waals surface area contributed by atoms with Gasteiger partial charge in [0, 0.05) is 23.7 Å². The van der Waals surface area contributed by atoms with Gasteiger partial charge in [0.2, 0.25) is 0 Å². The summed E-state index contributed by atoms with van der Waals surface area (Å²) in [5, 5.41) is 14.2. The first kappa shape index (κ1) is 18.6. The zero-order valence-electron chi connectivity index (χ0n) is 13.9. The van der Waals surface area contributed by atoms with Crippen molar-refractivity contribution in [2.75, 3.05) is 19.0 Å². The van der Waals surface area contributed by atoms with E-state index in [0.29, 0.717) is 30.2 Å². The van der Waals surface area contributed by atoms with Gasteiger partial charge < -0.3 is 25.2 Å². The average Bonchev–Trinajstić information content (AvgIpc) is 2.46. The molecular weight excluding hydrogens is 300 g/mol. The molecule has 0 aromatic heterocycles. The molecule has 0 aliphatic rings. The second kappa shape index (κ2) is 8.26. The Bertz CT molecular complexity index is 557. The minimum Gasteiger partial charge on any atom is -0.493 e. The van der Waals surface area contributed by atoms with Crippen molar-refractivity contribution in [3.05, 3.63) is 18.2 Å². The van der Waals surface area contributed by atoms with Gasteiger partial charge in [-0.25, -0.2) is 4.79 Å². The number of aliphatic carboxylic acids is 1. The average molecular weight is 324 g/mol. The number of nitrogens with one attached hydrogen (secondary N) is 2. The molecule has 0 spiro atoms. The first-order valence-corrected chi connectivity index (χ1v) is 7.39. The number of carbonyl (C=O) groups is 2. The Morgan fingerprint density at radius 3 is 2.52 bits per heavy atom. The molecule has 0 aliphatic heterocycles. The van der Waals surface area contributed by atoms with Gasteiger partial charge in [-0.05, 0) is 39.3 Å². The lowest BCUT2D eigenvalue weighted by Gasteiger charge is -2.25. The maximum absolute atomic E-state index is 12.0. The van der Waals surface area contributed by atoms with Crippen LogP contribution in [0.25, 0.3) is 0 Å². The predicted octanol–water partition coefficient (Wildman–Crippen LogP) is 2.86. The van der Waals surface area contributed by atoms with Crippen molar-refractivity contribution >= 4 is 17.7 Å². The van der Waals surface area contributed by atoms with Gasteiger partial charge in [0.25, 0.3) is 0 Å². The minimum absolute atomic E-state index is 0.00977. The number of amides is 2. The summed E-state index contributed by atoms with van der Waals surface area (Å²) in [6.07, 6.45) is 0.326. The molecule has 7 nitrogen and oxygen atoms in total. The summed E-state index contributed by atoms with van der Waals surface area (Å²) in [7, 11) is 1.52. The second-order valence-corrected chi connectivity index (χ2v) is 5.66. The van der Waals surface area contributed by atoms with E-state index in [-0.39, 0.29) is 6.42 Å². The number of carboxylic acids is 1. The number of rotatable bonds is 8. The van der Waals surface area contributed by atoms with E-state index >= 15 is 0 Å². The highest BCUT2D eigenvalue weighted by Gasteiger charge is 2.21. The third kappa shape index (κ3) is 6.46. The third-order valence-corrected chi connectivity index (χ3v) is 3.14. The fourth-order valence-electron chi connectivity index (χ4n) is 1.97. The molecule has 0 aliphatic carbocycles. The normalized spacial score (nSPS) is 10.8. The van der Waals surface area contributed by atoms with E-state index in [1.165, 1.54) is 7.11 Å². The molecule has 0 unspecified atom stereocenters. The Morgan fingerprint density at radius 2 is 1.96 bits per heavy atom.